The normalized spacial score (nSPS) is 14.7. The van der Waals surface area contributed by atoms with Gasteiger partial charge in [-0.25, -0.2) is 4.39 Å². The van der Waals surface area contributed by atoms with E-state index in [-0.39, 0.29) is 18.1 Å². The second kappa shape index (κ2) is 7.88. The largest absolute Gasteiger partial charge is 0.326 e. The van der Waals surface area contributed by atoms with E-state index in [0.717, 1.165) is 35.2 Å². The number of benzene rings is 2. The Morgan fingerprint density at radius 3 is 2.63 bits per heavy atom. The van der Waals surface area contributed by atoms with E-state index in [1.807, 2.05) is 29.1 Å². The van der Waals surface area contributed by atoms with Gasteiger partial charge in [-0.05, 0) is 61.8 Å². The summed E-state index contributed by atoms with van der Waals surface area (Å²) < 4.78 is 15.0. The summed E-state index contributed by atoms with van der Waals surface area (Å²) in [6.07, 6.45) is 4.64. The predicted octanol–water partition coefficient (Wildman–Crippen LogP) is 3.45. The summed E-state index contributed by atoms with van der Waals surface area (Å²) in [6.45, 7) is 4.18. The molecule has 0 spiro atoms. The fourth-order valence-electron chi connectivity index (χ4n) is 3.56. The number of nitrogens with one attached hydrogen (secondary N) is 1. The zero-order chi connectivity index (χ0) is 18.6. The van der Waals surface area contributed by atoms with Gasteiger partial charge in [-0.1, -0.05) is 12.1 Å². The van der Waals surface area contributed by atoms with E-state index in [1.54, 1.807) is 12.1 Å². The number of likely N-dealkylation sites (tertiary alicyclic amines) is 1. The second-order valence-corrected chi connectivity index (χ2v) is 7.04. The first-order chi connectivity index (χ1) is 13.2. The first-order valence-electron chi connectivity index (χ1n) is 9.40. The zero-order valence-corrected chi connectivity index (χ0v) is 15.2. The van der Waals surface area contributed by atoms with Crippen LogP contribution >= 0.6 is 0 Å². The Balaban J connectivity index is 1.43. The fourth-order valence-corrected chi connectivity index (χ4v) is 3.56. The van der Waals surface area contributed by atoms with Crippen LogP contribution in [0.5, 0.6) is 0 Å². The van der Waals surface area contributed by atoms with Gasteiger partial charge in [0.1, 0.15) is 5.82 Å². The molecule has 1 saturated heterocycles. The molecular formula is C21H23FN4O. The van der Waals surface area contributed by atoms with Crippen molar-refractivity contribution in [2.75, 3.05) is 25.0 Å². The molecule has 4 rings (SSSR count). The van der Waals surface area contributed by atoms with Crippen molar-refractivity contribution < 1.29 is 9.18 Å². The van der Waals surface area contributed by atoms with Gasteiger partial charge in [0.15, 0.2) is 0 Å². The van der Waals surface area contributed by atoms with Crippen LogP contribution in [-0.2, 0) is 17.8 Å². The van der Waals surface area contributed by atoms with Crippen molar-refractivity contribution in [2.45, 2.75) is 25.8 Å². The first-order valence-corrected chi connectivity index (χ1v) is 9.40. The maximum absolute atomic E-state index is 13.0. The fraction of sp³-hybridized carbons (Fsp3) is 0.333. The van der Waals surface area contributed by atoms with E-state index in [2.05, 4.69) is 15.3 Å². The van der Waals surface area contributed by atoms with E-state index in [1.165, 1.54) is 38.1 Å². The molecule has 0 unspecified atom stereocenters. The molecule has 1 fully saturated rings. The van der Waals surface area contributed by atoms with E-state index < -0.39 is 0 Å². The number of fused-ring (bicyclic) bond motifs is 1. The predicted molar refractivity (Wildman–Crippen MR) is 104 cm³/mol. The summed E-state index contributed by atoms with van der Waals surface area (Å²) in [7, 11) is 0. The third-order valence-corrected chi connectivity index (χ3v) is 5.03. The van der Waals surface area contributed by atoms with Gasteiger partial charge in [0.25, 0.3) is 0 Å². The van der Waals surface area contributed by atoms with Gasteiger partial charge in [-0.2, -0.15) is 5.10 Å². The Hall–Kier alpha value is -2.73. The molecule has 5 nitrogen and oxygen atoms in total. The third kappa shape index (κ3) is 4.34. The highest BCUT2D eigenvalue weighted by Crippen LogP contribution is 2.20. The van der Waals surface area contributed by atoms with Crippen LogP contribution in [0.3, 0.4) is 0 Å². The van der Waals surface area contributed by atoms with Crippen LogP contribution in [0.1, 0.15) is 18.4 Å². The van der Waals surface area contributed by atoms with Gasteiger partial charge < -0.3 is 10.2 Å². The van der Waals surface area contributed by atoms with Gasteiger partial charge in [-0.3, -0.25) is 9.48 Å². The lowest BCUT2D eigenvalue weighted by atomic mass is 10.1. The number of rotatable bonds is 6. The summed E-state index contributed by atoms with van der Waals surface area (Å²) in [5.41, 5.74) is 2.55. The molecular weight excluding hydrogens is 343 g/mol. The van der Waals surface area contributed by atoms with Crippen molar-refractivity contribution in [2.24, 2.45) is 0 Å². The number of hydrogen-bond acceptors (Lipinski definition) is 3. The standard InChI is InChI=1S/C21H23FN4O/c22-18-6-3-16(4-7-18)13-21(27)24-19-8-5-17-15-23-26(20(17)14-19)12-11-25-9-1-2-10-25/h3-8,14-15H,1-2,9-13H2,(H,24,27). The Morgan fingerprint density at radius 1 is 1.07 bits per heavy atom. The van der Waals surface area contributed by atoms with Gasteiger partial charge in [0.2, 0.25) is 5.91 Å². The van der Waals surface area contributed by atoms with Crippen LogP contribution in [0.25, 0.3) is 10.9 Å². The van der Waals surface area contributed by atoms with E-state index in [0.29, 0.717) is 0 Å². The molecule has 0 aliphatic carbocycles. The van der Waals surface area contributed by atoms with Crippen LogP contribution in [0.15, 0.2) is 48.7 Å². The molecule has 1 aliphatic rings. The van der Waals surface area contributed by atoms with Crippen molar-refractivity contribution >= 4 is 22.5 Å². The van der Waals surface area contributed by atoms with Gasteiger partial charge >= 0.3 is 0 Å². The zero-order valence-electron chi connectivity index (χ0n) is 15.2. The lowest BCUT2D eigenvalue weighted by Crippen LogP contribution is -2.24. The average Bonchev–Trinajstić information content (AvgIpc) is 3.31. The van der Waals surface area contributed by atoms with Gasteiger partial charge in [-0.15, -0.1) is 0 Å². The number of anilines is 1. The summed E-state index contributed by atoms with van der Waals surface area (Å²) in [6, 6.07) is 11.8. The minimum Gasteiger partial charge on any atom is -0.326 e. The molecule has 2 heterocycles. The molecule has 27 heavy (non-hydrogen) atoms. The molecule has 3 aromatic rings. The lowest BCUT2D eigenvalue weighted by molar-refractivity contribution is -0.115. The smallest absolute Gasteiger partial charge is 0.228 e. The molecule has 1 amide bonds. The number of halogens is 1. The molecule has 2 aromatic carbocycles. The lowest BCUT2D eigenvalue weighted by Gasteiger charge is -2.14. The summed E-state index contributed by atoms with van der Waals surface area (Å²) in [5, 5.41) is 8.48. The van der Waals surface area contributed by atoms with Crippen molar-refractivity contribution in [1.29, 1.82) is 0 Å². The highest BCUT2D eigenvalue weighted by molar-refractivity contribution is 5.94. The number of amides is 1. The molecule has 140 valence electrons. The minimum atomic E-state index is -0.299. The van der Waals surface area contributed by atoms with E-state index in [9.17, 15) is 9.18 Å². The monoisotopic (exact) mass is 366 g/mol. The third-order valence-electron chi connectivity index (χ3n) is 5.03. The van der Waals surface area contributed by atoms with Crippen LogP contribution in [0, 0.1) is 5.82 Å². The Morgan fingerprint density at radius 2 is 1.85 bits per heavy atom. The molecule has 0 radical (unpaired) electrons. The number of nitrogens with zero attached hydrogens (tertiary/aromatic N) is 3. The second-order valence-electron chi connectivity index (χ2n) is 7.04. The summed E-state index contributed by atoms with van der Waals surface area (Å²) in [4.78, 5) is 14.8. The van der Waals surface area contributed by atoms with E-state index >= 15 is 0 Å². The topological polar surface area (TPSA) is 50.2 Å². The molecule has 1 aromatic heterocycles. The maximum atomic E-state index is 13.0. The molecule has 6 heteroatoms. The average molecular weight is 366 g/mol. The van der Waals surface area contributed by atoms with Crippen LogP contribution in [0.2, 0.25) is 0 Å². The highest BCUT2D eigenvalue weighted by atomic mass is 19.1. The summed E-state index contributed by atoms with van der Waals surface area (Å²) >= 11 is 0. The van der Waals surface area contributed by atoms with Crippen molar-refractivity contribution in [1.82, 2.24) is 14.7 Å². The van der Waals surface area contributed by atoms with Crippen molar-refractivity contribution in [3.63, 3.8) is 0 Å². The maximum Gasteiger partial charge on any atom is 0.228 e. The Labute approximate surface area is 157 Å². The van der Waals surface area contributed by atoms with Crippen LogP contribution in [-0.4, -0.2) is 40.2 Å². The molecule has 1 N–H and O–H groups in total. The minimum absolute atomic E-state index is 0.121. The molecule has 0 atom stereocenters. The Bertz CT molecular complexity index is 929. The van der Waals surface area contributed by atoms with E-state index in [4.69, 9.17) is 0 Å². The van der Waals surface area contributed by atoms with Crippen molar-refractivity contribution in [3.8, 4) is 0 Å². The molecule has 0 saturated carbocycles. The molecule has 0 bridgehead atoms. The Kier molecular flexibility index (Phi) is 5.16. The van der Waals surface area contributed by atoms with Crippen molar-refractivity contribution in [3.05, 3.63) is 60.0 Å². The SMILES string of the molecule is O=C(Cc1ccc(F)cc1)Nc1ccc2cnn(CCN3CCCC3)c2c1. The number of aromatic nitrogens is 2. The summed E-state index contributed by atoms with van der Waals surface area (Å²) in [5.74, 6) is -0.420. The quantitative estimate of drug-likeness (QED) is 0.727. The number of carbonyl (C=O) groups is 1. The highest BCUT2D eigenvalue weighted by Gasteiger charge is 2.12. The van der Waals surface area contributed by atoms with Crippen LogP contribution < -0.4 is 5.32 Å². The molecule has 1 aliphatic heterocycles. The van der Waals surface area contributed by atoms with Crippen LogP contribution in [0.4, 0.5) is 10.1 Å². The van der Waals surface area contributed by atoms with Gasteiger partial charge in [0, 0.05) is 17.6 Å². The first kappa shape index (κ1) is 17.7. The van der Waals surface area contributed by atoms with Gasteiger partial charge in [0.05, 0.1) is 24.7 Å². The number of hydrogen-bond donors (Lipinski definition) is 1. The number of carbonyl (C=O) groups excluding carboxylic acids is 1.